The van der Waals surface area contributed by atoms with Crippen molar-refractivity contribution in [3.05, 3.63) is 46.2 Å². The van der Waals surface area contributed by atoms with Gasteiger partial charge in [-0.25, -0.2) is 0 Å². The van der Waals surface area contributed by atoms with Gasteiger partial charge in [0.25, 0.3) is 5.91 Å². The number of carbonyl (C=O) groups excluding carboxylic acids is 1. The number of rotatable bonds is 3. The van der Waals surface area contributed by atoms with Crippen molar-refractivity contribution >= 4 is 16.8 Å². The summed E-state index contributed by atoms with van der Waals surface area (Å²) in [5.41, 5.74) is 0.960. The van der Waals surface area contributed by atoms with Crippen molar-refractivity contribution in [3.63, 3.8) is 0 Å². The molecule has 0 bridgehead atoms. The van der Waals surface area contributed by atoms with Crippen LogP contribution in [0.15, 0.2) is 35.1 Å². The monoisotopic (exact) mass is 341 g/mol. The first-order chi connectivity index (χ1) is 12.2. The number of piperazine rings is 1. The average Bonchev–Trinajstić information content (AvgIpc) is 3.14. The van der Waals surface area contributed by atoms with E-state index in [9.17, 15) is 9.59 Å². The summed E-state index contributed by atoms with van der Waals surface area (Å²) in [6.07, 6.45) is 2.63. The molecular weight excluding hydrogens is 318 g/mol. The standard InChI is InChI=1S/C19H23N3O3/c23-18-12-16(15-5-1-2-6-17(15)20-18)19(24)22-9-7-21(8-10-22)13-14-4-3-11-25-14/h1-2,5-6,12,14H,3-4,7-11,13H2,(H,20,23)/t14-/m1/s1. The number of H-pyrrole nitrogens is 1. The zero-order chi connectivity index (χ0) is 17.2. The lowest BCUT2D eigenvalue weighted by Crippen LogP contribution is -2.50. The molecule has 2 fully saturated rings. The van der Waals surface area contributed by atoms with E-state index in [1.54, 1.807) is 0 Å². The van der Waals surface area contributed by atoms with Gasteiger partial charge in [0.15, 0.2) is 0 Å². The Bertz CT molecular complexity index is 818. The number of hydrogen-bond acceptors (Lipinski definition) is 4. The molecule has 6 heteroatoms. The smallest absolute Gasteiger partial charge is 0.254 e. The zero-order valence-electron chi connectivity index (χ0n) is 14.2. The van der Waals surface area contributed by atoms with Crippen molar-refractivity contribution in [2.24, 2.45) is 0 Å². The van der Waals surface area contributed by atoms with Gasteiger partial charge in [-0.1, -0.05) is 18.2 Å². The second kappa shape index (κ2) is 6.98. The minimum absolute atomic E-state index is 0.0564. The fourth-order valence-electron chi connectivity index (χ4n) is 3.76. The van der Waals surface area contributed by atoms with Crippen LogP contribution in [0.25, 0.3) is 10.9 Å². The van der Waals surface area contributed by atoms with E-state index in [0.717, 1.165) is 44.5 Å². The van der Waals surface area contributed by atoms with Gasteiger partial charge in [0.2, 0.25) is 5.56 Å². The molecule has 0 aliphatic carbocycles. The molecule has 2 aromatic rings. The number of fused-ring (bicyclic) bond motifs is 1. The quantitative estimate of drug-likeness (QED) is 0.918. The molecule has 132 valence electrons. The summed E-state index contributed by atoms with van der Waals surface area (Å²) >= 11 is 0. The number of aromatic nitrogens is 1. The van der Waals surface area contributed by atoms with Crippen LogP contribution in [0.2, 0.25) is 0 Å². The predicted octanol–water partition coefficient (Wildman–Crippen LogP) is 1.46. The highest BCUT2D eigenvalue weighted by atomic mass is 16.5. The molecule has 1 atom stereocenters. The van der Waals surface area contributed by atoms with Gasteiger partial charge in [0.1, 0.15) is 0 Å². The Kier molecular flexibility index (Phi) is 4.55. The van der Waals surface area contributed by atoms with Gasteiger partial charge >= 0.3 is 0 Å². The Balaban J connectivity index is 1.46. The second-order valence-electron chi connectivity index (χ2n) is 6.82. The third-order valence-electron chi connectivity index (χ3n) is 5.13. The SMILES string of the molecule is O=C(c1cc(=O)[nH]c2ccccc12)N1CCN(C[C@H]2CCCO2)CC1. The lowest BCUT2D eigenvalue weighted by molar-refractivity contribution is 0.0433. The zero-order valence-corrected chi connectivity index (χ0v) is 14.2. The maximum Gasteiger partial charge on any atom is 0.254 e. The van der Waals surface area contributed by atoms with Crippen molar-refractivity contribution in [1.29, 1.82) is 0 Å². The Labute approximate surface area is 146 Å². The summed E-state index contributed by atoms with van der Waals surface area (Å²) in [6.45, 7) is 4.91. The number of nitrogens with zero attached hydrogens (tertiary/aromatic N) is 2. The normalized spacial score (nSPS) is 21.8. The van der Waals surface area contributed by atoms with Gasteiger partial charge in [0, 0.05) is 56.3 Å². The molecule has 25 heavy (non-hydrogen) atoms. The molecule has 0 spiro atoms. The van der Waals surface area contributed by atoms with Gasteiger partial charge in [0.05, 0.1) is 11.7 Å². The minimum atomic E-state index is -0.237. The molecule has 6 nitrogen and oxygen atoms in total. The molecule has 2 aliphatic rings. The summed E-state index contributed by atoms with van der Waals surface area (Å²) in [5.74, 6) is -0.0564. The van der Waals surface area contributed by atoms with Crippen LogP contribution in [-0.4, -0.2) is 66.1 Å². The molecule has 1 amide bonds. The van der Waals surface area contributed by atoms with Crippen LogP contribution in [0, 0.1) is 0 Å². The summed E-state index contributed by atoms with van der Waals surface area (Å²) in [4.78, 5) is 31.8. The third kappa shape index (κ3) is 3.45. The maximum atomic E-state index is 12.9. The van der Waals surface area contributed by atoms with Crippen LogP contribution in [0.1, 0.15) is 23.2 Å². The number of pyridine rings is 1. The highest BCUT2D eigenvalue weighted by Gasteiger charge is 2.26. The minimum Gasteiger partial charge on any atom is -0.377 e. The molecule has 1 N–H and O–H groups in total. The van der Waals surface area contributed by atoms with Crippen LogP contribution < -0.4 is 5.56 Å². The third-order valence-corrected chi connectivity index (χ3v) is 5.13. The van der Waals surface area contributed by atoms with Crippen molar-refractivity contribution < 1.29 is 9.53 Å². The van der Waals surface area contributed by atoms with Crippen molar-refractivity contribution in [2.45, 2.75) is 18.9 Å². The predicted molar refractivity (Wildman–Crippen MR) is 95.9 cm³/mol. The van der Waals surface area contributed by atoms with Crippen molar-refractivity contribution in [3.8, 4) is 0 Å². The number of amides is 1. The molecule has 1 aromatic carbocycles. The van der Waals surface area contributed by atoms with E-state index in [1.165, 1.54) is 6.07 Å². The summed E-state index contributed by atoms with van der Waals surface area (Å²) in [5, 5.41) is 0.800. The van der Waals surface area contributed by atoms with Crippen molar-refractivity contribution in [1.82, 2.24) is 14.8 Å². The Hall–Kier alpha value is -2.18. The van der Waals surface area contributed by atoms with E-state index in [1.807, 2.05) is 29.2 Å². The first-order valence-corrected chi connectivity index (χ1v) is 8.96. The van der Waals surface area contributed by atoms with Gasteiger partial charge in [-0.2, -0.15) is 0 Å². The molecule has 0 radical (unpaired) electrons. The van der Waals surface area contributed by atoms with E-state index >= 15 is 0 Å². The Morgan fingerprint density at radius 1 is 1.20 bits per heavy atom. The highest BCUT2D eigenvalue weighted by molar-refractivity contribution is 6.05. The first-order valence-electron chi connectivity index (χ1n) is 8.96. The van der Waals surface area contributed by atoms with Gasteiger partial charge in [-0.15, -0.1) is 0 Å². The van der Waals surface area contributed by atoms with E-state index in [-0.39, 0.29) is 11.5 Å². The summed E-state index contributed by atoms with van der Waals surface area (Å²) in [7, 11) is 0. The first kappa shape index (κ1) is 16.3. The van der Waals surface area contributed by atoms with Crippen LogP contribution in [0.4, 0.5) is 0 Å². The molecule has 2 aliphatic heterocycles. The number of aromatic amines is 1. The van der Waals surface area contributed by atoms with E-state index in [4.69, 9.17) is 4.74 Å². The number of nitrogens with one attached hydrogen (secondary N) is 1. The maximum absolute atomic E-state index is 12.9. The van der Waals surface area contributed by atoms with Crippen molar-refractivity contribution in [2.75, 3.05) is 39.3 Å². The topological polar surface area (TPSA) is 65.6 Å². The average molecular weight is 341 g/mol. The lowest BCUT2D eigenvalue weighted by Gasteiger charge is -2.35. The molecule has 1 aromatic heterocycles. The molecule has 4 rings (SSSR count). The second-order valence-corrected chi connectivity index (χ2v) is 6.82. The van der Waals surface area contributed by atoms with E-state index < -0.39 is 0 Å². The molecular formula is C19H23N3O3. The van der Waals surface area contributed by atoms with Crippen LogP contribution in [0.5, 0.6) is 0 Å². The summed E-state index contributed by atoms with van der Waals surface area (Å²) in [6, 6.07) is 8.87. The Morgan fingerprint density at radius 3 is 2.76 bits per heavy atom. The fourth-order valence-corrected chi connectivity index (χ4v) is 3.76. The van der Waals surface area contributed by atoms with E-state index in [0.29, 0.717) is 30.3 Å². The summed E-state index contributed by atoms with van der Waals surface area (Å²) < 4.78 is 5.70. The highest BCUT2D eigenvalue weighted by Crippen LogP contribution is 2.18. The number of para-hydroxylation sites is 1. The van der Waals surface area contributed by atoms with Crippen LogP contribution in [-0.2, 0) is 4.74 Å². The van der Waals surface area contributed by atoms with Gasteiger partial charge in [-0.3, -0.25) is 14.5 Å². The van der Waals surface area contributed by atoms with Gasteiger partial charge in [-0.05, 0) is 18.9 Å². The van der Waals surface area contributed by atoms with Gasteiger partial charge < -0.3 is 14.6 Å². The molecule has 2 saturated heterocycles. The number of hydrogen-bond donors (Lipinski definition) is 1. The number of carbonyl (C=O) groups is 1. The largest absolute Gasteiger partial charge is 0.377 e. The fraction of sp³-hybridized carbons (Fsp3) is 0.474. The van der Waals surface area contributed by atoms with E-state index in [2.05, 4.69) is 9.88 Å². The van der Waals surface area contributed by atoms with Crippen LogP contribution >= 0.6 is 0 Å². The lowest BCUT2D eigenvalue weighted by atomic mass is 10.1. The van der Waals surface area contributed by atoms with Crippen LogP contribution in [0.3, 0.4) is 0 Å². The molecule has 0 saturated carbocycles. The number of benzene rings is 1. The molecule has 0 unspecified atom stereocenters. The Morgan fingerprint density at radius 2 is 2.00 bits per heavy atom. The molecule has 3 heterocycles. The number of ether oxygens (including phenoxy) is 1.